The van der Waals surface area contributed by atoms with E-state index in [0.717, 1.165) is 11.1 Å². The highest BCUT2D eigenvalue weighted by Crippen LogP contribution is 2.33. The Morgan fingerprint density at radius 2 is 1.83 bits per heavy atom. The summed E-state index contributed by atoms with van der Waals surface area (Å²) in [6, 6.07) is 7.79. The lowest BCUT2D eigenvalue weighted by Gasteiger charge is -2.19. The van der Waals surface area contributed by atoms with Crippen LogP contribution in [-0.2, 0) is 16.0 Å². The number of halogens is 1. The number of methoxy groups -OCH3 is 1. The number of amides is 1. The van der Waals surface area contributed by atoms with Crippen LogP contribution < -0.4 is 5.32 Å². The summed E-state index contributed by atoms with van der Waals surface area (Å²) >= 11 is 0. The maximum Gasteiger partial charge on any atom is 0.360 e. The third-order valence-corrected chi connectivity index (χ3v) is 4.49. The normalized spacial score (nSPS) is 11.4. The van der Waals surface area contributed by atoms with Crippen LogP contribution in [0.2, 0.25) is 0 Å². The second kappa shape index (κ2) is 8.06. The van der Waals surface area contributed by atoms with E-state index in [1.807, 2.05) is 0 Å². The Bertz CT molecular complexity index is 1120. The Balaban J connectivity index is 2.12. The smallest absolute Gasteiger partial charge is 0.360 e. The number of aromatic nitrogens is 2. The molecule has 2 aromatic heterocycles. The van der Waals surface area contributed by atoms with E-state index in [1.165, 1.54) is 19.2 Å². The van der Waals surface area contributed by atoms with Crippen LogP contribution in [0.3, 0.4) is 0 Å². The van der Waals surface area contributed by atoms with Crippen LogP contribution in [0.15, 0.2) is 36.5 Å². The summed E-state index contributed by atoms with van der Waals surface area (Å²) < 4.78 is 17.8. The van der Waals surface area contributed by atoms with Crippen LogP contribution in [0.1, 0.15) is 42.4 Å². The van der Waals surface area contributed by atoms with Crippen LogP contribution in [0.25, 0.3) is 10.9 Å². The van der Waals surface area contributed by atoms with Gasteiger partial charge in [0, 0.05) is 17.0 Å². The summed E-state index contributed by atoms with van der Waals surface area (Å²) in [4.78, 5) is 33.0. The first-order chi connectivity index (χ1) is 14.1. The summed E-state index contributed by atoms with van der Waals surface area (Å²) in [6.07, 6.45) is 2.00. The Hall–Kier alpha value is -3.55. The maximum atomic E-state index is 13.2. The van der Waals surface area contributed by atoms with Crippen molar-refractivity contribution in [3.05, 3.63) is 59.2 Å². The summed E-state index contributed by atoms with van der Waals surface area (Å²) in [6.45, 7) is 5.22. The molecule has 156 valence electrons. The topological polar surface area (TPSA) is 101 Å². The highest BCUT2D eigenvalue weighted by atomic mass is 19.1. The number of nitrogens with one attached hydrogen (secondary N) is 1. The van der Waals surface area contributed by atoms with Crippen molar-refractivity contribution < 1.29 is 23.8 Å². The standard InChI is InChI=1S/C22H22FN3O4/c1-22(2,3)21(29)26-19-15-10-13(9-12-5-7-14(23)8-6-12)11-24-16(15)18(27)17(25-19)20(28)30-4/h5-8,10-11,27H,9H2,1-4H3,(H,25,26,29). The number of anilines is 1. The van der Waals surface area contributed by atoms with Crippen LogP contribution in [0.4, 0.5) is 10.2 Å². The lowest BCUT2D eigenvalue weighted by Crippen LogP contribution is -2.28. The molecule has 3 rings (SSSR count). The van der Waals surface area contributed by atoms with E-state index >= 15 is 0 Å². The van der Waals surface area contributed by atoms with Gasteiger partial charge in [0.15, 0.2) is 11.4 Å². The van der Waals surface area contributed by atoms with Gasteiger partial charge in [-0.2, -0.15) is 0 Å². The van der Waals surface area contributed by atoms with Gasteiger partial charge in [0.05, 0.1) is 7.11 Å². The maximum absolute atomic E-state index is 13.2. The van der Waals surface area contributed by atoms with E-state index in [-0.39, 0.29) is 28.8 Å². The molecule has 7 nitrogen and oxygen atoms in total. The molecule has 0 radical (unpaired) electrons. The van der Waals surface area contributed by atoms with E-state index in [1.54, 1.807) is 45.2 Å². The van der Waals surface area contributed by atoms with Crippen LogP contribution in [0, 0.1) is 11.2 Å². The Kier molecular flexibility index (Phi) is 5.69. The molecule has 2 heterocycles. The molecule has 0 fully saturated rings. The number of nitrogens with zero attached hydrogens (tertiary/aromatic N) is 2. The average Bonchev–Trinajstić information content (AvgIpc) is 2.70. The van der Waals surface area contributed by atoms with Crippen molar-refractivity contribution in [3.8, 4) is 5.75 Å². The molecule has 0 aliphatic heterocycles. The molecule has 0 atom stereocenters. The van der Waals surface area contributed by atoms with Gasteiger partial charge in [0.1, 0.15) is 17.2 Å². The largest absolute Gasteiger partial charge is 0.504 e. The molecule has 0 aliphatic carbocycles. The van der Waals surface area contributed by atoms with Gasteiger partial charge in [-0.3, -0.25) is 9.78 Å². The lowest BCUT2D eigenvalue weighted by atomic mass is 9.95. The predicted octanol–water partition coefficient (Wildman–Crippen LogP) is 3.84. The molecule has 0 saturated heterocycles. The molecule has 30 heavy (non-hydrogen) atoms. The van der Waals surface area contributed by atoms with Gasteiger partial charge in [-0.15, -0.1) is 0 Å². The van der Waals surface area contributed by atoms with Crippen molar-refractivity contribution in [3.63, 3.8) is 0 Å². The molecule has 3 aromatic rings. The molecule has 1 aromatic carbocycles. The number of aromatic hydroxyl groups is 1. The molecule has 2 N–H and O–H groups in total. The number of pyridine rings is 2. The Labute approximate surface area is 172 Å². The Morgan fingerprint density at radius 3 is 2.43 bits per heavy atom. The molecule has 0 aliphatic rings. The first-order valence-electron chi connectivity index (χ1n) is 9.26. The average molecular weight is 411 g/mol. The minimum absolute atomic E-state index is 0.0941. The number of carbonyl (C=O) groups is 2. The van der Waals surface area contributed by atoms with Crippen LogP contribution >= 0.6 is 0 Å². The SMILES string of the molecule is COC(=O)c1nc(NC(=O)C(C)(C)C)c2cc(Cc3ccc(F)cc3)cnc2c1O. The summed E-state index contributed by atoms with van der Waals surface area (Å²) in [5.41, 5.74) is 0.676. The highest BCUT2D eigenvalue weighted by molar-refractivity contribution is 6.06. The Morgan fingerprint density at radius 1 is 1.17 bits per heavy atom. The third kappa shape index (κ3) is 4.37. The number of carbonyl (C=O) groups excluding carboxylic acids is 2. The number of ether oxygens (including phenoxy) is 1. The summed E-state index contributed by atoms with van der Waals surface area (Å²) in [5.74, 6) is -1.83. The van der Waals surface area contributed by atoms with Crippen LogP contribution in [-0.4, -0.2) is 34.1 Å². The second-order valence-corrected chi connectivity index (χ2v) is 7.90. The van der Waals surface area contributed by atoms with Crippen molar-refractivity contribution in [1.82, 2.24) is 9.97 Å². The molecular formula is C22H22FN3O4. The lowest BCUT2D eigenvalue weighted by molar-refractivity contribution is -0.123. The summed E-state index contributed by atoms with van der Waals surface area (Å²) in [7, 11) is 1.17. The number of fused-ring (bicyclic) bond motifs is 1. The monoisotopic (exact) mass is 411 g/mol. The minimum atomic E-state index is -0.849. The van der Waals surface area contributed by atoms with Gasteiger partial charge in [0.25, 0.3) is 0 Å². The molecule has 0 bridgehead atoms. The predicted molar refractivity (Wildman–Crippen MR) is 110 cm³/mol. The number of rotatable bonds is 4. The van der Waals surface area contributed by atoms with Gasteiger partial charge >= 0.3 is 5.97 Å². The highest BCUT2D eigenvalue weighted by Gasteiger charge is 2.26. The third-order valence-electron chi connectivity index (χ3n) is 4.49. The van der Waals surface area contributed by atoms with Gasteiger partial charge < -0.3 is 15.2 Å². The quantitative estimate of drug-likeness (QED) is 0.633. The van der Waals surface area contributed by atoms with Crippen molar-refractivity contribution in [1.29, 1.82) is 0 Å². The first-order valence-corrected chi connectivity index (χ1v) is 9.26. The molecule has 0 spiro atoms. The van der Waals surface area contributed by atoms with E-state index < -0.39 is 17.1 Å². The zero-order valence-corrected chi connectivity index (χ0v) is 17.1. The molecule has 0 unspecified atom stereocenters. The molecule has 1 amide bonds. The van der Waals surface area contributed by atoms with E-state index in [0.29, 0.717) is 11.8 Å². The van der Waals surface area contributed by atoms with Crippen molar-refractivity contribution in [2.24, 2.45) is 5.41 Å². The fourth-order valence-corrected chi connectivity index (χ4v) is 2.78. The van der Waals surface area contributed by atoms with E-state index in [2.05, 4.69) is 20.0 Å². The van der Waals surface area contributed by atoms with Gasteiger partial charge in [0.2, 0.25) is 5.91 Å². The van der Waals surface area contributed by atoms with Gasteiger partial charge in [-0.1, -0.05) is 32.9 Å². The summed E-state index contributed by atoms with van der Waals surface area (Å²) in [5, 5.41) is 13.6. The second-order valence-electron chi connectivity index (χ2n) is 7.90. The number of esters is 1. The number of benzene rings is 1. The van der Waals surface area contributed by atoms with Crippen molar-refractivity contribution in [2.75, 3.05) is 12.4 Å². The number of hydrogen-bond donors (Lipinski definition) is 2. The van der Waals surface area contributed by atoms with Crippen molar-refractivity contribution >= 4 is 28.6 Å². The van der Waals surface area contributed by atoms with Gasteiger partial charge in [-0.25, -0.2) is 14.2 Å². The van der Waals surface area contributed by atoms with E-state index in [9.17, 15) is 19.1 Å². The van der Waals surface area contributed by atoms with E-state index in [4.69, 9.17) is 0 Å². The minimum Gasteiger partial charge on any atom is -0.504 e. The molecule has 8 heteroatoms. The fourth-order valence-electron chi connectivity index (χ4n) is 2.78. The van der Waals surface area contributed by atoms with Crippen LogP contribution in [0.5, 0.6) is 5.75 Å². The zero-order valence-electron chi connectivity index (χ0n) is 17.1. The van der Waals surface area contributed by atoms with Crippen molar-refractivity contribution in [2.45, 2.75) is 27.2 Å². The molecular weight excluding hydrogens is 389 g/mol. The zero-order chi connectivity index (χ0) is 22.1. The number of hydrogen-bond acceptors (Lipinski definition) is 6. The van der Waals surface area contributed by atoms with Gasteiger partial charge in [-0.05, 0) is 35.7 Å². The first kappa shape index (κ1) is 21.2. The fraction of sp³-hybridized carbons (Fsp3) is 0.273. The molecule has 0 saturated carbocycles.